The van der Waals surface area contributed by atoms with Crippen molar-refractivity contribution in [3.63, 3.8) is 0 Å². The van der Waals surface area contributed by atoms with E-state index in [1.165, 1.54) is 6.33 Å². The number of pyridine rings is 1. The molecule has 2 atom stereocenters. The van der Waals surface area contributed by atoms with Crippen LogP contribution in [0.2, 0.25) is 0 Å². The van der Waals surface area contributed by atoms with Gasteiger partial charge in [0, 0.05) is 51.4 Å². The van der Waals surface area contributed by atoms with Crippen molar-refractivity contribution in [1.82, 2.24) is 24.8 Å². The van der Waals surface area contributed by atoms with E-state index < -0.39 is 24.3 Å². The third-order valence-electron chi connectivity index (χ3n) is 5.10. The Balaban J connectivity index is 0.000000286. The van der Waals surface area contributed by atoms with Crippen molar-refractivity contribution >= 4 is 11.9 Å². The van der Waals surface area contributed by atoms with E-state index in [-0.39, 0.29) is 6.10 Å². The summed E-state index contributed by atoms with van der Waals surface area (Å²) in [6, 6.07) is 6.69. The zero-order valence-electron chi connectivity index (χ0n) is 19.1. The van der Waals surface area contributed by atoms with E-state index in [1.54, 1.807) is 12.4 Å². The summed E-state index contributed by atoms with van der Waals surface area (Å²) in [6.07, 6.45) is -2.00. The normalized spacial score (nSPS) is 19.9. The second kappa shape index (κ2) is 13.1. The number of aromatic nitrogens is 3. The first kappa shape index (κ1) is 29.7. The highest BCUT2D eigenvalue weighted by Gasteiger charge is 2.39. The highest BCUT2D eigenvalue weighted by molar-refractivity contribution is 5.73. The molecule has 4 rings (SSSR count). The number of nitrogens with zero attached hydrogens (tertiary/aromatic N) is 5. The summed E-state index contributed by atoms with van der Waals surface area (Å²) in [7, 11) is 0. The Hall–Kier alpha value is -3.53. The lowest BCUT2D eigenvalue weighted by atomic mass is 10.1. The Kier molecular flexibility index (Phi) is 10.5. The summed E-state index contributed by atoms with van der Waals surface area (Å²) in [5, 5.41) is 14.2. The number of ether oxygens (including phenoxy) is 1. The number of carbonyl (C=O) groups is 2. The molecule has 16 heteroatoms. The summed E-state index contributed by atoms with van der Waals surface area (Å²) in [5.74, 6) is -4.75. The molecule has 204 valence electrons. The molecule has 2 fully saturated rings. The monoisotopic (exact) mass is 539 g/mol. The van der Waals surface area contributed by atoms with Crippen LogP contribution in [-0.2, 0) is 16.1 Å². The number of carboxylic acid groups (broad SMARTS) is 2. The minimum absolute atomic E-state index is 0.237. The molecule has 2 aliphatic rings. The van der Waals surface area contributed by atoms with Crippen LogP contribution in [0.3, 0.4) is 0 Å². The fourth-order valence-electron chi connectivity index (χ4n) is 3.55. The highest BCUT2D eigenvalue weighted by Crippen LogP contribution is 2.26. The Morgan fingerprint density at radius 2 is 1.57 bits per heavy atom. The van der Waals surface area contributed by atoms with Gasteiger partial charge < -0.3 is 14.9 Å². The fraction of sp³-hybridized carbons (Fsp3) is 0.476. The van der Waals surface area contributed by atoms with Crippen LogP contribution in [0.25, 0.3) is 0 Å². The van der Waals surface area contributed by atoms with E-state index in [1.807, 2.05) is 12.3 Å². The van der Waals surface area contributed by atoms with Gasteiger partial charge in [0.2, 0.25) is 0 Å². The van der Waals surface area contributed by atoms with Gasteiger partial charge in [-0.15, -0.1) is 0 Å². The number of aliphatic carboxylic acids is 2. The minimum Gasteiger partial charge on any atom is -0.486 e. The van der Waals surface area contributed by atoms with E-state index in [2.05, 4.69) is 36.9 Å². The molecule has 2 saturated heterocycles. The zero-order chi connectivity index (χ0) is 27.6. The highest BCUT2D eigenvalue weighted by atomic mass is 19.4. The van der Waals surface area contributed by atoms with Gasteiger partial charge in [0.1, 0.15) is 12.4 Å². The smallest absolute Gasteiger partial charge is 0.486 e. The number of fused-ring (bicyclic) bond motifs is 1. The number of halogens is 6. The molecule has 0 spiro atoms. The van der Waals surface area contributed by atoms with Crippen LogP contribution in [0.15, 0.2) is 43.1 Å². The SMILES string of the molecule is O=C(O)C(F)(F)F.O=C(O)C(F)(F)F.c1ccc(CN2CCN3C[C@H](Oc4cncnc4)C[C@H]3C2)nc1. The van der Waals surface area contributed by atoms with Crippen molar-refractivity contribution in [2.24, 2.45) is 0 Å². The van der Waals surface area contributed by atoms with Crippen molar-refractivity contribution in [1.29, 1.82) is 0 Å². The van der Waals surface area contributed by atoms with Crippen LogP contribution in [-0.4, -0.2) is 97.6 Å². The average molecular weight is 539 g/mol. The number of piperazine rings is 1. The fourth-order valence-corrected chi connectivity index (χ4v) is 3.55. The number of carboxylic acids is 2. The number of hydrogen-bond acceptors (Lipinski definition) is 8. The van der Waals surface area contributed by atoms with Crippen molar-refractivity contribution in [2.45, 2.75) is 37.5 Å². The molecule has 0 amide bonds. The summed E-state index contributed by atoms with van der Waals surface area (Å²) in [5.41, 5.74) is 1.15. The topological polar surface area (TPSA) is 129 Å². The number of rotatable bonds is 4. The quantitative estimate of drug-likeness (QED) is 0.559. The second-order valence-electron chi connectivity index (χ2n) is 7.86. The molecule has 0 saturated carbocycles. The Morgan fingerprint density at radius 1 is 0.973 bits per heavy atom. The maximum Gasteiger partial charge on any atom is 0.490 e. The van der Waals surface area contributed by atoms with Crippen LogP contribution in [0, 0.1) is 0 Å². The van der Waals surface area contributed by atoms with Crippen molar-refractivity contribution in [3.8, 4) is 5.75 Å². The van der Waals surface area contributed by atoms with E-state index in [9.17, 15) is 26.3 Å². The van der Waals surface area contributed by atoms with E-state index in [0.717, 1.165) is 50.6 Å². The van der Waals surface area contributed by atoms with Crippen LogP contribution in [0.5, 0.6) is 5.75 Å². The third kappa shape index (κ3) is 10.5. The van der Waals surface area contributed by atoms with Crippen molar-refractivity contribution < 1.29 is 50.9 Å². The summed E-state index contributed by atoms with van der Waals surface area (Å²) < 4.78 is 69.5. The van der Waals surface area contributed by atoms with Gasteiger partial charge in [-0.25, -0.2) is 19.6 Å². The number of hydrogen-bond donors (Lipinski definition) is 2. The standard InChI is InChI=1S/C17H21N5O.2C2HF3O2/c1-2-4-20-14(3-1)10-21-5-6-22-12-16(7-15(22)11-21)23-17-8-18-13-19-9-17;2*3-2(4,5)1(6)7/h1-4,8-9,13,15-16H,5-7,10-12H2;2*(H,6,7)/t15-,16+;;/m0../s1. The van der Waals surface area contributed by atoms with Crippen LogP contribution < -0.4 is 4.74 Å². The molecule has 2 aromatic rings. The van der Waals surface area contributed by atoms with E-state index in [0.29, 0.717) is 6.04 Å². The van der Waals surface area contributed by atoms with Gasteiger partial charge in [-0.3, -0.25) is 14.8 Å². The van der Waals surface area contributed by atoms with Crippen molar-refractivity contribution in [3.05, 3.63) is 48.8 Å². The molecule has 2 N–H and O–H groups in total. The minimum atomic E-state index is -5.08. The maximum absolute atomic E-state index is 10.6. The molecule has 0 aliphatic carbocycles. The summed E-state index contributed by atoms with van der Waals surface area (Å²) >= 11 is 0. The molecule has 37 heavy (non-hydrogen) atoms. The largest absolute Gasteiger partial charge is 0.490 e. The Bertz CT molecular complexity index is 933. The van der Waals surface area contributed by atoms with E-state index in [4.69, 9.17) is 24.5 Å². The third-order valence-corrected chi connectivity index (χ3v) is 5.10. The van der Waals surface area contributed by atoms with Gasteiger partial charge in [-0.2, -0.15) is 26.3 Å². The van der Waals surface area contributed by atoms with Gasteiger partial charge >= 0.3 is 24.3 Å². The maximum atomic E-state index is 10.6. The molecule has 4 heterocycles. The molecule has 2 aliphatic heterocycles. The lowest BCUT2D eigenvalue weighted by Gasteiger charge is -2.36. The molecule has 0 aromatic carbocycles. The van der Waals surface area contributed by atoms with Crippen LogP contribution in [0.1, 0.15) is 12.1 Å². The summed E-state index contributed by atoms with van der Waals surface area (Å²) in [4.78, 5) is 35.3. The van der Waals surface area contributed by atoms with Gasteiger partial charge in [-0.1, -0.05) is 6.07 Å². The van der Waals surface area contributed by atoms with Gasteiger partial charge in [0.05, 0.1) is 18.1 Å². The predicted octanol–water partition coefficient (Wildman–Crippen LogP) is 2.48. The molecular formula is C21H23F6N5O5. The molecule has 2 aromatic heterocycles. The average Bonchev–Trinajstić information content (AvgIpc) is 3.21. The number of alkyl halides is 6. The Morgan fingerprint density at radius 3 is 2.08 bits per heavy atom. The molecule has 0 bridgehead atoms. The summed E-state index contributed by atoms with van der Waals surface area (Å²) in [6.45, 7) is 5.21. The first-order chi connectivity index (χ1) is 17.3. The lowest BCUT2D eigenvalue weighted by molar-refractivity contribution is -0.193. The first-order valence-electron chi connectivity index (χ1n) is 10.6. The second-order valence-corrected chi connectivity index (χ2v) is 7.86. The molecule has 0 radical (unpaired) electrons. The predicted molar refractivity (Wildman–Crippen MR) is 113 cm³/mol. The van der Waals surface area contributed by atoms with Crippen LogP contribution >= 0.6 is 0 Å². The van der Waals surface area contributed by atoms with Gasteiger partial charge in [-0.05, 0) is 12.1 Å². The van der Waals surface area contributed by atoms with Gasteiger partial charge in [0.15, 0.2) is 5.75 Å². The molecule has 10 nitrogen and oxygen atoms in total. The molecular weight excluding hydrogens is 516 g/mol. The Labute approximate surface area is 206 Å². The van der Waals surface area contributed by atoms with E-state index >= 15 is 0 Å². The molecule has 0 unspecified atom stereocenters. The first-order valence-corrected chi connectivity index (χ1v) is 10.6. The zero-order valence-corrected chi connectivity index (χ0v) is 19.1. The van der Waals surface area contributed by atoms with Gasteiger partial charge in [0.25, 0.3) is 0 Å². The van der Waals surface area contributed by atoms with Crippen molar-refractivity contribution in [2.75, 3.05) is 26.2 Å². The lowest BCUT2D eigenvalue weighted by Crippen LogP contribution is -2.49. The van der Waals surface area contributed by atoms with Crippen LogP contribution in [0.4, 0.5) is 26.3 Å².